The van der Waals surface area contributed by atoms with Crippen molar-refractivity contribution in [1.82, 2.24) is 0 Å². The Balaban J connectivity index is 1.70. The number of hydrogen-bond acceptors (Lipinski definition) is 6. The number of ether oxygens (including phenoxy) is 3. The predicted octanol–water partition coefficient (Wildman–Crippen LogP) is 3.16. The molecule has 1 aliphatic carbocycles. The highest BCUT2D eigenvalue weighted by Crippen LogP contribution is 2.39. The maximum Gasteiger partial charge on any atom is 0.305 e. The van der Waals surface area contributed by atoms with E-state index in [2.05, 4.69) is 11.3 Å². The summed E-state index contributed by atoms with van der Waals surface area (Å²) >= 11 is 1.83. The monoisotopic (exact) mass is 372 g/mol. The van der Waals surface area contributed by atoms with E-state index in [0.717, 1.165) is 50.2 Å². The fraction of sp³-hybridized carbons (Fsp3) is 0.842. The lowest BCUT2D eigenvalue weighted by atomic mass is 9.91. The second-order valence-electron chi connectivity index (χ2n) is 6.83. The number of carbonyl (C=O) groups excluding carboxylic acids is 1. The molecule has 2 aliphatic rings. The Labute approximate surface area is 155 Å². The summed E-state index contributed by atoms with van der Waals surface area (Å²) in [5.74, 6) is 2.13. The van der Waals surface area contributed by atoms with Crippen molar-refractivity contribution in [1.29, 1.82) is 0 Å². The first-order valence-corrected chi connectivity index (χ1v) is 10.5. The number of esters is 1. The molecule has 1 heterocycles. The van der Waals surface area contributed by atoms with Gasteiger partial charge in [-0.15, -0.1) is 6.58 Å². The van der Waals surface area contributed by atoms with Crippen LogP contribution in [0.15, 0.2) is 12.7 Å². The van der Waals surface area contributed by atoms with E-state index in [9.17, 15) is 9.90 Å². The summed E-state index contributed by atoms with van der Waals surface area (Å²) in [4.78, 5) is 11.1. The van der Waals surface area contributed by atoms with Crippen LogP contribution in [0.1, 0.15) is 44.9 Å². The largest absolute Gasteiger partial charge is 0.469 e. The molecule has 0 aromatic carbocycles. The molecule has 1 saturated heterocycles. The lowest BCUT2D eigenvalue weighted by Crippen LogP contribution is -2.30. The van der Waals surface area contributed by atoms with Crippen molar-refractivity contribution in [2.45, 2.75) is 63.4 Å². The van der Waals surface area contributed by atoms with Crippen LogP contribution in [-0.4, -0.2) is 54.8 Å². The molecule has 2 rings (SSSR count). The van der Waals surface area contributed by atoms with Crippen molar-refractivity contribution in [3.8, 4) is 0 Å². The molecular formula is C19H32O5S. The molecule has 1 saturated carbocycles. The number of aliphatic hydroxyl groups is 1. The van der Waals surface area contributed by atoms with Crippen molar-refractivity contribution in [3.63, 3.8) is 0 Å². The molecule has 0 aromatic rings. The summed E-state index contributed by atoms with van der Waals surface area (Å²) in [6.45, 7) is 4.74. The third kappa shape index (κ3) is 6.59. The van der Waals surface area contributed by atoms with Gasteiger partial charge >= 0.3 is 5.97 Å². The van der Waals surface area contributed by atoms with Crippen LogP contribution in [0.2, 0.25) is 0 Å². The van der Waals surface area contributed by atoms with Gasteiger partial charge in [0.15, 0.2) is 6.29 Å². The summed E-state index contributed by atoms with van der Waals surface area (Å²) < 4.78 is 16.4. The summed E-state index contributed by atoms with van der Waals surface area (Å²) in [5, 5.41) is 10.5. The van der Waals surface area contributed by atoms with Crippen molar-refractivity contribution in [3.05, 3.63) is 12.7 Å². The Morgan fingerprint density at radius 2 is 2.24 bits per heavy atom. The average molecular weight is 373 g/mol. The zero-order chi connectivity index (χ0) is 18.1. The first-order valence-electron chi connectivity index (χ1n) is 9.38. The fourth-order valence-corrected chi connectivity index (χ4v) is 4.71. The summed E-state index contributed by atoms with van der Waals surface area (Å²) in [5.41, 5.74) is 0. The van der Waals surface area contributed by atoms with E-state index in [1.54, 1.807) is 0 Å². The third-order valence-corrected chi connectivity index (χ3v) is 6.22. The smallest absolute Gasteiger partial charge is 0.305 e. The molecule has 5 nitrogen and oxygen atoms in total. The normalized spacial score (nSPS) is 32.5. The summed E-state index contributed by atoms with van der Waals surface area (Å²) in [7, 11) is 1.42. The number of hydrogen-bond donors (Lipinski definition) is 1. The zero-order valence-corrected chi connectivity index (χ0v) is 16.0. The second-order valence-corrected chi connectivity index (χ2v) is 8.06. The standard InChI is InChI=1S/C19H32O5S/c1-3-14-15(9-12-25-11-6-7-18(21)22-2)16(20)13-17(14)24-19-8-4-5-10-23-19/h3,14-17,19-20H,1,4-13H2,2H3/t14-,15-,16+,17-,19?/m1/s1. The summed E-state index contributed by atoms with van der Waals surface area (Å²) in [6.07, 6.45) is 7.57. The molecule has 2 fully saturated rings. The van der Waals surface area contributed by atoms with Crippen LogP contribution < -0.4 is 0 Å². The fourth-order valence-electron chi connectivity index (χ4n) is 3.72. The predicted molar refractivity (Wildman–Crippen MR) is 99.5 cm³/mol. The van der Waals surface area contributed by atoms with E-state index in [0.29, 0.717) is 12.8 Å². The molecule has 0 radical (unpaired) electrons. The molecule has 144 valence electrons. The molecule has 0 aromatic heterocycles. The number of rotatable bonds is 10. The van der Waals surface area contributed by atoms with Crippen molar-refractivity contribution in [2.24, 2.45) is 11.8 Å². The van der Waals surface area contributed by atoms with Gasteiger partial charge in [0.1, 0.15) is 0 Å². The van der Waals surface area contributed by atoms with E-state index in [4.69, 9.17) is 9.47 Å². The van der Waals surface area contributed by atoms with Crippen molar-refractivity contribution in [2.75, 3.05) is 25.2 Å². The molecule has 0 spiro atoms. The van der Waals surface area contributed by atoms with E-state index in [1.165, 1.54) is 7.11 Å². The third-order valence-electron chi connectivity index (χ3n) is 5.12. The Bertz CT molecular complexity index is 411. The number of methoxy groups -OCH3 is 1. The lowest BCUT2D eigenvalue weighted by molar-refractivity contribution is -0.193. The molecule has 0 bridgehead atoms. The van der Waals surface area contributed by atoms with E-state index < -0.39 is 0 Å². The molecule has 6 heteroatoms. The molecule has 1 unspecified atom stereocenters. The van der Waals surface area contributed by atoms with Gasteiger partial charge in [0, 0.05) is 25.4 Å². The van der Waals surface area contributed by atoms with Gasteiger partial charge < -0.3 is 19.3 Å². The number of aliphatic hydroxyl groups excluding tert-OH is 1. The van der Waals surface area contributed by atoms with Gasteiger partial charge in [0.2, 0.25) is 0 Å². The second kappa shape index (κ2) is 11.2. The molecule has 1 N–H and O–H groups in total. The SMILES string of the molecule is C=C[C@@H]1[C@@H](CCSCCCC(=O)OC)[C@@H](O)C[C@H]1OC1CCCCO1. The average Bonchev–Trinajstić information content (AvgIpc) is 2.92. The molecule has 0 amide bonds. The highest BCUT2D eigenvalue weighted by molar-refractivity contribution is 7.99. The quantitative estimate of drug-likeness (QED) is 0.361. The minimum absolute atomic E-state index is 0.00456. The Kier molecular flexibility index (Phi) is 9.31. The van der Waals surface area contributed by atoms with Crippen LogP contribution in [0.3, 0.4) is 0 Å². The first-order chi connectivity index (χ1) is 12.2. The first kappa shape index (κ1) is 20.7. The van der Waals surface area contributed by atoms with Crippen molar-refractivity contribution < 1.29 is 24.1 Å². The highest BCUT2D eigenvalue weighted by Gasteiger charge is 2.42. The zero-order valence-electron chi connectivity index (χ0n) is 15.2. The van der Waals surface area contributed by atoms with Gasteiger partial charge in [-0.05, 0) is 49.5 Å². The van der Waals surface area contributed by atoms with Crippen LogP contribution in [-0.2, 0) is 19.0 Å². The van der Waals surface area contributed by atoms with Gasteiger partial charge in [-0.25, -0.2) is 0 Å². The maximum atomic E-state index is 11.1. The van der Waals surface area contributed by atoms with Gasteiger partial charge in [-0.1, -0.05) is 6.08 Å². The van der Waals surface area contributed by atoms with Gasteiger partial charge in [0.05, 0.1) is 19.3 Å². The van der Waals surface area contributed by atoms with E-state index >= 15 is 0 Å². The number of thioether (sulfide) groups is 1. The molecule has 1 aliphatic heterocycles. The Morgan fingerprint density at radius 3 is 2.92 bits per heavy atom. The summed E-state index contributed by atoms with van der Waals surface area (Å²) in [6, 6.07) is 0. The van der Waals surface area contributed by atoms with E-state index in [-0.39, 0.29) is 36.3 Å². The molecule has 5 atom stereocenters. The van der Waals surface area contributed by atoms with E-state index in [1.807, 2.05) is 17.8 Å². The van der Waals surface area contributed by atoms with Crippen LogP contribution in [0.5, 0.6) is 0 Å². The molecule has 25 heavy (non-hydrogen) atoms. The highest BCUT2D eigenvalue weighted by atomic mass is 32.2. The topological polar surface area (TPSA) is 65.0 Å². The lowest BCUT2D eigenvalue weighted by Gasteiger charge is -2.29. The minimum Gasteiger partial charge on any atom is -0.469 e. The van der Waals surface area contributed by atoms with Gasteiger partial charge in [-0.3, -0.25) is 4.79 Å². The van der Waals surface area contributed by atoms with Crippen molar-refractivity contribution >= 4 is 17.7 Å². The molecular weight excluding hydrogens is 340 g/mol. The minimum atomic E-state index is -0.341. The Morgan fingerprint density at radius 1 is 1.40 bits per heavy atom. The van der Waals surface area contributed by atoms with Gasteiger partial charge in [0.25, 0.3) is 0 Å². The Hall–Kier alpha value is -0.560. The van der Waals surface area contributed by atoms with Crippen LogP contribution in [0.4, 0.5) is 0 Å². The van der Waals surface area contributed by atoms with Gasteiger partial charge in [-0.2, -0.15) is 11.8 Å². The van der Waals surface area contributed by atoms with Crippen LogP contribution >= 0.6 is 11.8 Å². The maximum absolute atomic E-state index is 11.1. The number of carbonyl (C=O) groups is 1. The van der Waals surface area contributed by atoms with Crippen LogP contribution in [0.25, 0.3) is 0 Å². The van der Waals surface area contributed by atoms with Crippen LogP contribution in [0, 0.1) is 11.8 Å².